The molecule has 2 nitrogen and oxygen atoms in total. The molecule has 0 aliphatic rings. The second kappa shape index (κ2) is 5.27. The highest BCUT2D eigenvalue weighted by molar-refractivity contribution is 14.1. The number of hydrogen-bond donors (Lipinski definition) is 2. The molecule has 0 radical (unpaired) electrons. The monoisotopic (exact) mass is 380 g/mol. The van der Waals surface area contributed by atoms with Crippen molar-refractivity contribution in [2.75, 3.05) is 11.1 Å². The molecule has 94 valence electrons. The molecule has 2 aromatic rings. The van der Waals surface area contributed by atoms with Crippen LogP contribution in [0.25, 0.3) is 0 Å². The second-order valence-electron chi connectivity index (χ2n) is 3.58. The highest BCUT2D eigenvalue weighted by Crippen LogP contribution is 2.30. The number of nitrogen functional groups attached to an aromatic ring is 1. The van der Waals surface area contributed by atoms with Gasteiger partial charge in [-0.1, -0.05) is 11.6 Å². The summed E-state index contributed by atoms with van der Waals surface area (Å²) in [7, 11) is 0. The molecule has 0 atom stereocenters. The third-order valence-corrected chi connectivity index (χ3v) is 3.89. The van der Waals surface area contributed by atoms with Gasteiger partial charge in [-0.05, 0) is 52.9 Å². The Morgan fingerprint density at radius 3 is 2.56 bits per heavy atom. The number of rotatable bonds is 2. The van der Waals surface area contributed by atoms with Gasteiger partial charge in [0, 0.05) is 9.26 Å². The van der Waals surface area contributed by atoms with E-state index in [1.54, 1.807) is 18.2 Å². The standard InChI is InChI=1S/C12H8ClF2IN2/c13-7-5-6(1-3-9(7)16)18-12-10(17)4-2-8(14)11(12)15/h1-5,18H,17H2. The molecule has 0 saturated heterocycles. The Morgan fingerprint density at radius 1 is 1.17 bits per heavy atom. The summed E-state index contributed by atoms with van der Waals surface area (Å²) < 4.78 is 27.6. The van der Waals surface area contributed by atoms with E-state index in [9.17, 15) is 8.78 Å². The Kier molecular flexibility index (Phi) is 3.91. The number of nitrogens with two attached hydrogens (primary N) is 1. The van der Waals surface area contributed by atoms with E-state index in [-0.39, 0.29) is 11.4 Å². The van der Waals surface area contributed by atoms with Gasteiger partial charge in [0.2, 0.25) is 0 Å². The first-order valence-corrected chi connectivity index (χ1v) is 6.40. The molecule has 0 saturated carbocycles. The third-order valence-electron chi connectivity index (χ3n) is 2.32. The van der Waals surface area contributed by atoms with Gasteiger partial charge < -0.3 is 11.1 Å². The number of halogens is 4. The second-order valence-corrected chi connectivity index (χ2v) is 5.15. The van der Waals surface area contributed by atoms with Crippen LogP contribution < -0.4 is 11.1 Å². The first kappa shape index (κ1) is 13.4. The molecule has 3 N–H and O–H groups in total. The SMILES string of the molecule is Nc1ccc(F)c(F)c1Nc1ccc(I)c(Cl)c1. The van der Waals surface area contributed by atoms with Crippen molar-refractivity contribution in [1.82, 2.24) is 0 Å². The lowest BCUT2D eigenvalue weighted by Gasteiger charge is -2.11. The average molecular weight is 381 g/mol. The molecule has 6 heteroatoms. The zero-order valence-corrected chi connectivity index (χ0v) is 11.9. The van der Waals surface area contributed by atoms with Crippen LogP contribution in [-0.2, 0) is 0 Å². The smallest absolute Gasteiger partial charge is 0.184 e. The van der Waals surface area contributed by atoms with Gasteiger partial charge in [0.25, 0.3) is 0 Å². The fraction of sp³-hybridized carbons (Fsp3) is 0. The van der Waals surface area contributed by atoms with Crippen molar-refractivity contribution in [1.29, 1.82) is 0 Å². The van der Waals surface area contributed by atoms with E-state index in [1.165, 1.54) is 6.07 Å². The molecule has 0 heterocycles. The minimum atomic E-state index is -1.01. The van der Waals surface area contributed by atoms with Crippen molar-refractivity contribution in [2.24, 2.45) is 0 Å². The van der Waals surface area contributed by atoms with E-state index in [1.807, 2.05) is 0 Å². The van der Waals surface area contributed by atoms with Gasteiger partial charge in [0.05, 0.1) is 10.7 Å². The topological polar surface area (TPSA) is 38.0 Å². The minimum Gasteiger partial charge on any atom is -0.397 e. The third kappa shape index (κ3) is 2.67. The first-order chi connectivity index (χ1) is 8.49. The van der Waals surface area contributed by atoms with Gasteiger partial charge in [-0.15, -0.1) is 0 Å². The van der Waals surface area contributed by atoms with E-state index in [0.717, 1.165) is 9.64 Å². The van der Waals surface area contributed by atoms with Crippen molar-refractivity contribution < 1.29 is 8.78 Å². The Bertz CT molecular complexity index is 605. The highest BCUT2D eigenvalue weighted by Gasteiger charge is 2.12. The Balaban J connectivity index is 2.39. The maximum atomic E-state index is 13.6. The van der Waals surface area contributed by atoms with E-state index < -0.39 is 11.6 Å². The Morgan fingerprint density at radius 2 is 1.89 bits per heavy atom. The van der Waals surface area contributed by atoms with Crippen molar-refractivity contribution in [3.63, 3.8) is 0 Å². The Labute approximate surface area is 121 Å². The van der Waals surface area contributed by atoms with E-state index >= 15 is 0 Å². The first-order valence-electron chi connectivity index (χ1n) is 4.94. The molecule has 0 unspecified atom stereocenters. The zero-order valence-electron chi connectivity index (χ0n) is 8.98. The lowest BCUT2D eigenvalue weighted by atomic mass is 10.2. The van der Waals surface area contributed by atoms with Gasteiger partial charge in [-0.2, -0.15) is 0 Å². The number of nitrogens with one attached hydrogen (secondary N) is 1. The fourth-order valence-corrected chi connectivity index (χ4v) is 1.93. The Hall–Kier alpha value is -1.08. The van der Waals surface area contributed by atoms with Gasteiger partial charge in [-0.3, -0.25) is 0 Å². The highest BCUT2D eigenvalue weighted by atomic mass is 127. The maximum absolute atomic E-state index is 13.6. The van der Waals surface area contributed by atoms with E-state index in [0.29, 0.717) is 10.7 Å². The normalized spacial score (nSPS) is 10.4. The number of benzene rings is 2. The molecule has 0 bridgehead atoms. The van der Waals surface area contributed by atoms with Crippen LogP contribution in [0, 0.1) is 15.2 Å². The summed E-state index contributed by atoms with van der Waals surface area (Å²) in [5.41, 5.74) is 6.18. The molecule has 18 heavy (non-hydrogen) atoms. The lowest BCUT2D eigenvalue weighted by Crippen LogP contribution is -2.01. The van der Waals surface area contributed by atoms with Gasteiger partial charge in [0.15, 0.2) is 11.6 Å². The molecule has 0 aromatic heterocycles. The zero-order chi connectivity index (χ0) is 13.3. The van der Waals surface area contributed by atoms with Crippen LogP contribution in [0.4, 0.5) is 25.8 Å². The van der Waals surface area contributed by atoms with E-state index in [2.05, 4.69) is 27.9 Å². The maximum Gasteiger partial charge on any atom is 0.184 e. The van der Waals surface area contributed by atoms with Crippen LogP contribution in [0.1, 0.15) is 0 Å². The number of anilines is 3. The largest absolute Gasteiger partial charge is 0.397 e. The lowest BCUT2D eigenvalue weighted by molar-refractivity contribution is 0.512. The molecule has 2 aromatic carbocycles. The molecule has 0 fully saturated rings. The summed E-state index contributed by atoms with van der Waals surface area (Å²) in [5, 5.41) is 3.25. The average Bonchev–Trinajstić information content (AvgIpc) is 2.34. The van der Waals surface area contributed by atoms with Gasteiger partial charge >= 0.3 is 0 Å². The summed E-state index contributed by atoms with van der Waals surface area (Å²) in [4.78, 5) is 0. The van der Waals surface area contributed by atoms with Crippen molar-refractivity contribution in [2.45, 2.75) is 0 Å². The van der Waals surface area contributed by atoms with Crippen LogP contribution in [-0.4, -0.2) is 0 Å². The predicted octanol–water partition coefficient (Wildman–Crippen LogP) is 4.55. The molecule has 0 amide bonds. The van der Waals surface area contributed by atoms with Crippen molar-refractivity contribution in [3.8, 4) is 0 Å². The molecule has 0 spiro atoms. The minimum absolute atomic E-state index is 0.0905. The van der Waals surface area contributed by atoms with Crippen LogP contribution >= 0.6 is 34.2 Å². The summed E-state index contributed by atoms with van der Waals surface area (Å²) >= 11 is 8.02. The molecular formula is C12H8ClF2IN2. The predicted molar refractivity (Wildman–Crippen MR) is 78.2 cm³/mol. The van der Waals surface area contributed by atoms with Gasteiger partial charge in [0.1, 0.15) is 5.69 Å². The fourth-order valence-electron chi connectivity index (χ4n) is 1.41. The van der Waals surface area contributed by atoms with Crippen LogP contribution in [0.3, 0.4) is 0 Å². The summed E-state index contributed by atoms with van der Waals surface area (Å²) in [6.45, 7) is 0. The molecular weight excluding hydrogens is 372 g/mol. The summed E-state index contributed by atoms with van der Waals surface area (Å²) in [6.07, 6.45) is 0. The van der Waals surface area contributed by atoms with Crippen molar-refractivity contribution >= 4 is 51.3 Å². The molecule has 2 rings (SSSR count). The van der Waals surface area contributed by atoms with Gasteiger partial charge in [-0.25, -0.2) is 8.78 Å². The number of hydrogen-bond acceptors (Lipinski definition) is 2. The van der Waals surface area contributed by atoms with Crippen LogP contribution in [0.15, 0.2) is 30.3 Å². The molecule has 0 aliphatic carbocycles. The van der Waals surface area contributed by atoms with Crippen LogP contribution in [0.5, 0.6) is 0 Å². The quantitative estimate of drug-likeness (QED) is 0.593. The molecule has 0 aliphatic heterocycles. The van der Waals surface area contributed by atoms with Crippen LogP contribution in [0.2, 0.25) is 5.02 Å². The summed E-state index contributed by atoms with van der Waals surface area (Å²) in [5.74, 6) is -1.96. The summed E-state index contributed by atoms with van der Waals surface area (Å²) in [6, 6.07) is 7.37. The van der Waals surface area contributed by atoms with E-state index in [4.69, 9.17) is 17.3 Å². The van der Waals surface area contributed by atoms with Crippen molar-refractivity contribution in [3.05, 3.63) is 50.6 Å².